The van der Waals surface area contributed by atoms with E-state index in [1.54, 1.807) is 6.20 Å². The van der Waals surface area contributed by atoms with Crippen LogP contribution in [0.2, 0.25) is 0 Å². The first kappa shape index (κ1) is 17.6. The number of carbonyl (C=O) groups excluding carboxylic acids is 1. The summed E-state index contributed by atoms with van der Waals surface area (Å²) in [5.41, 5.74) is 15.7. The molecule has 7 heteroatoms. The van der Waals surface area contributed by atoms with Gasteiger partial charge < -0.3 is 21.3 Å². The standard InChI is InChI=1S/C20H23N5OS/c1-12-4-3-5-14(10-12)25-9-8-24(11-13(25)2)15-6-7-23-20-16(15)17(21)18(27-20)19(22)26/h3-7,10,13H,8-9,11,21H2,1-2H3,(H2,22,26). The Morgan fingerprint density at radius 3 is 2.81 bits per heavy atom. The Morgan fingerprint density at radius 2 is 2.11 bits per heavy atom. The lowest BCUT2D eigenvalue weighted by Crippen LogP contribution is -2.52. The number of pyridine rings is 1. The van der Waals surface area contributed by atoms with Crippen molar-refractivity contribution in [2.45, 2.75) is 19.9 Å². The van der Waals surface area contributed by atoms with Gasteiger partial charge in [-0.15, -0.1) is 11.3 Å². The summed E-state index contributed by atoms with van der Waals surface area (Å²) in [7, 11) is 0. The van der Waals surface area contributed by atoms with E-state index in [4.69, 9.17) is 11.5 Å². The summed E-state index contributed by atoms with van der Waals surface area (Å²) in [6.45, 7) is 7.01. The minimum Gasteiger partial charge on any atom is -0.397 e. The summed E-state index contributed by atoms with van der Waals surface area (Å²) in [6.07, 6.45) is 1.77. The van der Waals surface area contributed by atoms with Crippen LogP contribution >= 0.6 is 11.3 Å². The summed E-state index contributed by atoms with van der Waals surface area (Å²) in [4.78, 5) is 22.0. The zero-order valence-corrected chi connectivity index (χ0v) is 16.3. The normalized spacial score (nSPS) is 17.5. The largest absolute Gasteiger partial charge is 0.397 e. The first-order valence-corrected chi connectivity index (χ1v) is 9.82. The van der Waals surface area contributed by atoms with Gasteiger partial charge >= 0.3 is 0 Å². The minimum absolute atomic E-state index is 0.347. The highest BCUT2D eigenvalue weighted by atomic mass is 32.1. The number of thiophene rings is 1. The van der Waals surface area contributed by atoms with Crippen LogP contribution in [-0.4, -0.2) is 36.6 Å². The van der Waals surface area contributed by atoms with Crippen molar-refractivity contribution < 1.29 is 4.79 Å². The quantitative estimate of drug-likeness (QED) is 0.728. The number of hydrogen-bond acceptors (Lipinski definition) is 6. The number of piperazine rings is 1. The highest BCUT2D eigenvalue weighted by Crippen LogP contribution is 2.39. The van der Waals surface area contributed by atoms with E-state index in [2.05, 4.69) is 52.9 Å². The molecule has 1 amide bonds. The van der Waals surface area contributed by atoms with Crippen LogP contribution in [0.15, 0.2) is 36.5 Å². The molecular formula is C20H23N5OS. The number of fused-ring (bicyclic) bond motifs is 1. The van der Waals surface area contributed by atoms with Crippen LogP contribution in [0.4, 0.5) is 17.1 Å². The van der Waals surface area contributed by atoms with E-state index < -0.39 is 5.91 Å². The molecular weight excluding hydrogens is 358 g/mol. The van der Waals surface area contributed by atoms with Crippen LogP contribution in [-0.2, 0) is 0 Å². The number of aromatic nitrogens is 1. The average Bonchev–Trinajstić information content (AvgIpc) is 2.99. The van der Waals surface area contributed by atoms with E-state index in [1.165, 1.54) is 22.6 Å². The van der Waals surface area contributed by atoms with Gasteiger partial charge in [0.1, 0.15) is 9.71 Å². The maximum Gasteiger partial charge on any atom is 0.260 e. The fourth-order valence-electron chi connectivity index (χ4n) is 3.84. The Labute approximate surface area is 162 Å². The number of benzene rings is 1. The van der Waals surface area contributed by atoms with Crippen molar-refractivity contribution in [2.75, 3.05) is 35.2 Å². The number of amides is 1. The molecule has 1 fully saturated rings. The number of hydrogen-bond donors (Lipinski definition) is 2. The molecule has 6 nitrogen and oxygen atoms in total. The first-order valence-electron chi connectivity index (χ1n) is 9.00. The molecule has 1 atom stereocenters. The van der Waals surface area contributed by atoms with Crippen LogP contribution in [0.1, 0.15) is 22.2 Å². The third-order valence-electron chi connectivity index (χ3n) is 5.13. The summed E-state index contributed by atoms with van der Waals surface area (Å²) in [5, 5.41) is 0.840. The molecule has 0 radical (unpaired) electrons. The van der Waals surface area contributed by atoms with E-state index in [1.807, 2.05) is 6.07 Å². The molecule has 0 saturated carbocycles. The third-order valence-corrected chi connectivity index (χ3v) is 6.26. The first-order chi connectivity index (χ1) is 13.0. The lowest BCUT2D eigenvalue weighted by molar-refractivity contribution is 0.100. The van der Waals surface area contributed by atoms with Crippen LogP contribution in [0, 0.1) is 6.92 Å². The lowest BCUT2D eigenvalue weighted by atomic mass is 10.1. The number of rotatable bonds is 3. The van der Waals surface area contributed by atoms with Crippen molar-refractivity contribution in [3.8, 4) is 0 Å². The van der Waals surface area contributed by atoms with Gasteiger partial charge in [0, 0.05) is 37.6 Å². The van der Waals surface area contributed by atoms with E-state index in [-0.39, 0.29) is 0 Å². The smallest absolute Gasteiger partial charge is 0.260 e. The second-order valence-electron chi connectivity index (χ2n) is 7.05. The highest BCUT2D eigenvalue weighted by Gasteiger charge is 2.27. The topological polar surface area (TPSA) is 88.5 Å². The van der Waals surface area contributed by atoms with Gasteiger partial charge in [0.05, 0.1) is 16.8 Å². The number of nitrogens with two attached hydrogens (primary N) is 2. The molecule has 1 unspecified atom stereocenters. The number of primary amides is 1. The van der Waals surface area contributed by atoms with Crippen molar-refractivity contribution >= 4 is 44.5 Å². The fraction of sp³-hybridized carbons (Fsp3) is 0.300. The zero-order valence-electron chi connectivity index (χ0n) is 15.5. The van der Waals surface area contributed by atoms with Gasteiger partial charge in [0.25, 0.3) is 5.91 Å². The van der Waals surface area contributed by atoms with E-state index in [9.17, 15) is 4.79 Å². The lowest BCUT2D eigenvalue weighted by Gasteiger charge is -2.42. The maximum absolute atomic E-state index is 11.7. The predicted octanol–water partition coefficient (Wildman–Crippen LogP) is 3.00. The number of nitrogen functional groups attached to an aromatic ring is 1. The van der Waals surface area contributed by atoms with Crippen molar-refractivity contribution in [1.29, 1.82) is 0 Å². The number of carbonyl (C=O) groups is 1. The monoisotopic (exact) mass is 381 g/mol. The van der Waals surface area contributed by atoms with Gasteiger partial charge in [-0.1, -0.05) is 12.1 Å². The summed E-state index contributed by atoms with van der Waals surface area (Å²) < 4.78 is 0. The molecule has 1 aliphatic rings. The van der Waals surface area contributed by atoms with Crippen LogP contribution in [0.3, 0.4) is 0 Å². The molecule has 0 aliphatic carbocycles. The molecule has 27 heavy (non-hydrogen) atoms. The molecule has 3 heterocycles. The Morgan fingerprint density at radius 1 is 1.30 bits per heavy atom. The summed E-state index contributed by atoms with van der Waals surface area (Å²) >= 11 is 1.26. The molecule has 1 aromatic carbocycles. The number of anilines is 3. The maximum atomic E-state index is 11.7. The minimum atomic E-state index is -0.501. The van der Waals surface area contributed by atoms with Crippen molar-refractivity contribution in [3.05, 3.63) is 47.0 Å². The third kappa shape index (κ3) is 3.08. The molecule has 1 saturated heterocycles. The zero-order chi connectivity index (χ0) is 19.1. The van der Waals surface area contributed by atoms with Gasteiger partial charge in [-0.2, -0.15) is 0 Å². The van der Waals surface area contributed by atoms with Crippen LogP contribution in [0.5, 0.6) is 0 Å². The van der Waals surface area contributed by atoms with E-state index >= 15 is 0 Å². The second-order valence-corrected chi connectivity index (χ2v) is 8.05. The van der Waals surface area contributed by atoms with E-state index in [0.717, 1.165) is 35.5 Å². The van der Waals surface area contributed by atoms with Crippen molar-refractivity contribution in [1.82, 2.24) is 4.98 Å². The number of nitrogens with zero attached hydrogens (tertiary/aromatic N) is 3. The SMILES string of the molecule is Cc1cccc(N2CCN(c3ccnc4sc(C(N)=O)c(N)c34)CC2C)c1. The Balaban J connectivity index is 1.65. The molecule has 0 spiro atoms. The van der Waals surface area contributed by atoms with Crippen LogP contribution in [0.25, 0.3) is 10.2 Å². The molecule has 3 aromatic rings. The average molecular weight is 382 g/mol. The molecule has 4 N–H and O–H groups in total. The molecule has 0 bridgehead atoms. The van der Waals surface area contributed by atoms with Gasteiger partial charge in [0.2, 0.25) is 0 Å². The predicted molar refractivity (Wildman–Crippen MR) is 113 cm³/mol. The molecule has 2 aromatic heterocycles. The highest BCUT2D eigenvalue weighted by molar-refractivity contribution is 7.21. The molecule has 1 aliphatic heterocycles. The Kier molecular flexibility index (Phi) is 4.39. The van der Waals surface area contributed by atoms with Crippen LogP contribution < -0.4 is 21.3 Å². The Bertz CT molecular complexity index is 1010. The summed E-state index contributed by atoms with van der Waals surface area (Å²) in [5.74, 6) is -0.501. The fourth-order valence-corrected chi connectivity index (χ4v) is 4.78. The van der Waals surface area contributed by atoms with Crippen molar-refractivity contribution in [3.63, 3.8) is 0 Å². The summed E-state index contributed by atoms with van der Waals surface area (Å²) in [6, 6.07) is 10.9. The van der Waals surface area contributed by atoms with Crippen molar-refractivity contribution in [2.24, 2.45) is 5.73 Å². The second kappa shape index (κ2) is 6.74. The molecule has 140 valence electrons. The van der Waals surface area contributed by atoms with Gasteiger partial charge in [0.15, 0.2) is 0 Å². The van der Waals surface area contributed by atoms with Gasteiger partial charge in [-0.25, -0.2) is 4.98 Å². The van der Waals surface area contributed by atoms with E-state index in [0.29, 0.717) is 16.6 Å². The van der Waals surface area contributed by atoms with Gasteiger partial charge in [-0.3, -0.25) is 4.79 Å². The number of aryl methyl sites for hydroxylation is 1. The Hall–Kier alpha value is -2.80. The van der Waals surface area contributed by atoms with Gasteiger partial charge in [-0.05, 0) is 37.6 Å². The molecule has 4 rings (SSSR count).